The molecule has 0 rings (SSSR count). The van der Waals surface area contributed by atoms with E-state index in [4.69, 9.17) is 4.55 Å². The summed E-state index contributed by atoms with van der Waals surface area (Å²) in [6.45, 7) is 2.49. The van der Waals surface area contributed by atoms with Gasteiger partial charge < -0.3 is 0 Å². The molecule has 0 aliphatic rings. The third kappa shape index (κ3) is 3.42. The number of hydrogen-bond acceptors (Lipinski definition) is 3. The fraction of sp³-hybridized carbons (Fsp3) is 1.00. The van der Waals surface area contributed by atoms with E-state index >= 15 is 0 Å². The first-order valence-corrected chi connectivity index (χ1v) is 6.80. The molecule has 0 aromatic rings. The number of rotatable bonds is 7. The maximum atomic E-state index is 14.0. The van der Waals surface area contributed by atoms with Gasteiger partial charge in [-0.2, -0.15) is 26.0 Å². The minimum absolute atomic E-state index is 0.526. The molecule has 0 amide bonds. The molecule has 0 aliphatic carbocycles. The van der Waals surface area contributed by atoms with E-state index < -0.39 is 45.6 Å². The Balaban J connectivity index is 5.89. The summed E-state index contributed by atoms with van der Waals surface area (Å²) in [5.41, 5.74) is -2.36. The predicted octanol–water partition coefficient (Wildman–Crippen LogP) is 3.44. The van der Waals surface area contributed by atoms with Crippen molar-refractivity contribution < 1.29 is 48.4 Å². The summed E-state index contributed by atoms with van der Waals surface area (Å²) in [5.74, 6) is -4.58. The van der Waals surface area contributed by atoms with Gasteiger partial charge in [0.25, 0.3) is 12.3 Å². The molecule has 0 heterocycles. The summed E-state index contributed by atoms with van der Waals surface area (Å²) in [4.78, 5) is 0. The molecule has 21 heavy (non-hydrogen) atoms. The molecule has 0 saturated carbocycles. The number of alkyl halides is 7. The summed E-state index contributed by atoms with van der Waals surface area (Å²) in [7, 11) is -6.73. The Morgan fingerprint density at radius 1 is 1.10 bits per heavy atom. The molecular formula is C9H13F7O4S. The van der Waals surface area contributed by atoms with Crippen molar-refractivity contribution in [2.75, 3.05) is 0 Å². The second-order valence-electron chi connectivity index (χ2n) is 4.79. The van der Waals surface area contributed by atoms with Crippen molar-refractivity contribution in [2.24, 2.45) is 5.41 Å². The van der Waals surface area contributed by atoms with Crippen LogP contribution in [0, 0.1) is 5.41 Å². The molecule has 0 aromatic carbocycles. The van der Waals surface area contributed by atoms with E-state index in [1.807, 2.05) is 0 Å². The van der Waals surface area contributed by atoms with Crippen LogP contribution in [0.15, 0.2) is 0 Å². The minimum atomic E-state index is -6.73. The van der Waals surface area contributed by atoms with Gasteiger partial charge in [-0.3, -0.25) is 9.29 Å². The Labute approximate surface area is 116 Å². The van der Waals surface area contributed by atoms with E-state index in [1.54, 1.807) is 0 Å². The normalized spacial score (nSPS) is 17.9. The lowest BCUT2D eigenvalue weighted by atomic mass is 9.81. The zero-order valence-corrected chi connectivity index (χ0v) is 11.8. The van der Waals surface area contributed by atoms with Crippen LogP contribution >= 0.6 is 0 Å². The first-order valence-electron chi connectivity index (χ1n) is 5.36. The standard InChI is InChI=1S/C9H13F7O4S/c1-4-6(2,3)7(12,5(10)11)20-8(13,14)9(15,16)21(17,18)19/h5H,4H2,1-3H3,(H,17,18,19). The van der Waals surface area contributed by atoms with Gasteiger partial charge in [-0.05, 0) is 6.42 Å². The second kappa shape index (κ2) is 5.54. The van der Waals surface area contributed by atoms with Crippen molar-refractivity contribution >= 4 is 10.1 Å². The highest BCUT2D eigenvalue weighted by molar-refractivity contribution is 7.86. The van der Waals surface area contributed by atoms with Gasteiger partial charge >= 0.3 is 21.5 Å². The Kier molecular flexibility index (Phi) is 5.38. The highest BCUT2D eigenvalue weighted by Gasteiger charge is 2.72. The molecule has 0 spiro atoms. The number of hydrogen-bond donors (Lipinski definition) is 1. The summed E-state index contributed by atoms with van der Waals surface area (Å²) in [6, 6.07) is 0. The van der Waals surface area contributed by atoms with Crippen LogP contribution in [0.5, 0.6) is 0 Å². The summed E-state index contributed by atoms with van der Waals surface area (Å²) in [6.07, 6.45) is -11.0. The number of ether oxygens (including phenoxy) is 1. The summed E-state index contributed by atoms with van der Waals surface area (Å²) >= 11 is 0. The Bertz CT molecular complexity index is 476. The molecule has 128 valence electrons. The maximum absolute atomic E-state index is 14.0. The summed E-state index contributed by atoms with van der Waals surface area (Å²) < 4.78 is 123. The van der Waals surface area contributed by atoms with Crippen LogP contribution in [-0.4, -0.2) is 36.6 Å². The van der Waals surface area contributed by atoms with Gasteiger partial charge in [0.2, 0.25) is 0 Å². The van der Waals surface area contributed by atoms with Gasteiger partial charge in [0.15, 0.2) is 0 Å². The minimum Gasteiger partial charge on any atom is -0.281 e. The highest BCUT2D eigenvalue weighted by Crippen LogP contribution is 2.50. The van der Waals surface area contributed by atoms with Crippen LogP contribution < -0.4 is 0 Å². The molecule has 0 fully saturated rings. The third-order valence-corrected chi connectivity index (χ3v) is 3.91. The molecule has 1 unspecified atom stereocenters. The molecule has 12 heteroatoms. The first-order chi connectivity index (χ1) is 8.96. The lowest BCUT2D eigenvalue weighted by molar-refractivity contribution is -0.423. The predicted molar refractivity (Wildman–Crippen MR) is 56.4 cm³/mol. The van der Waals surface area contributed by atoms with Crippen molar-refractivity contribution in [3.05, 3.63) is 0 Å². The van der Waals surface area contributed by atoms with Crippen molar-refractivity contribution in [3.63, 3.8) is 0 Å². The molecule has 0 radical (unpaired) electrons. The van der Waals surface area contributed by atoms with Crippen LogP contribution in [0.1, 0.15) is 27.2 Å². The molecule has 0 aromatic heterocycles. The topological polar surface area (TPSA) is 63.6 Å². The van der Waals surface area contributed by atoms with Crippen LogP contribution in [0.2, 0.25) is 0 Å². The average molecular weight is 350 g/mol. The van der Waals surface area contributed by atoms with Gasteiger partial charge in [0, 0.05) is 5.41 Å². The Hall–Kier alpha value is -0.620. The first kappa shape index (κ1) is 20.4. The molecule has 4 nitrogen and oxygen atoms in total. The van der Waals surface area contributed by atoms with E-state index in [0.717, 1.165) is 6.92 Å². The van der Waals surface area contributed by atoms with Gasteiger partial charge in [-0.25, -0.2) is 13.2 Å². The van der Waals surface area contributed by atoms with Crippen LogP contribution in [-0.2, 0) is 14.9 Å². The fourth-order valence-electron chi connectivity index (χ4n) is 1.12. The molecule has 1 atom stereocenters. The Morgan fingerprint density at radius 2 is 1.48 bits per heavy atom. The average Bonchev–Trinajstić information content (AvgIpc) is 2.25. The number of halogens is 7. The van der Waals surface area contributed by atoms with Crippen LogP contribution in [0.3, 0.4) is 0 Å². The largest absolute Gasteiger partial charge is 0.460 e. The molecular weight excluding hydrogens is 337 g/mol. The molecule has 0 bridgehead atoms. The maximum Gasteiger partial charge on any atom is 0.460 e. The van der Waals surface area contributed by atoms with Crippen molar-refractivity contribution in [1.29, 1.82) is 0 Å². The van der Waals surface area contributed by atoms with Gasteiger partial charge in [-0.15, -0.1) is 0 Å². The lowest BCUT2D eigenvalue weighted by Crippen LogP contribution is -2.58. The van der Waals surface area contributed by atoms with E-state index in [0.29, 0.717) is 13.8 Å². The van der Waals surface area contributed by atoms with Crippen molar-refractivity contribution in [1.82, 2.24) is 0 Å². The second-order valence-corrected chi connectivity index (χ2v) is 6.26. The molecule has 0 aliphatic heterocycles. The molecule has 0 saturated heterocycles. The van der Waals surface area contributed by atoms with Gasteiger partial charge in [0.1, 0.15) is 0 Å². The third-order valence-electron chi connectivity index (χ3n) is 3.03. The smallest absolute Gasteiger partial charge is 0.281 e. The highest BCUT2D eigenvalue weighted by atomic mass is 32.2. The van der Waals surface area contributed by atoms with Gasteiger partial charge in [-0.1, -0.05) is 20.8 Å². The van der Waals surface area contributed by atoms with Crippen LogP contribution in [0.25, 0.3) is 0 Å². The van der Waals surface area contributed by atoms with E-state index in [-0.39, 0.29) is 0 Å². The van der Waals surface area contributed by atoms with E-state index in [9.17, 15) is 39.2 Å². The van der Waals surface area contributed by atoms with Crippen molar-refractivity contribution in [2.45, 2.75) is 50.8 Å². The SMILES string of the molecule is CCC(C)(C)C(F)(OC(F)(F)C(F)(F)S(=O)(=O)O)C(F)F. The van der Waals surface area contributed by atoms with Crippen molar-refractivity contribution in [3.8, 4) is 0 Å². The van der Waals surface area contributed by atoms with Crippen LogP contribution in [0.4, 0.5) is 30.7 Å². The quantitative estimate of drug-likeness (QED) is 0.564. The van der Waals surface area contributed by atoms with E-state index in [2.05, 4.69) is 4.74 Å². The summed E-state index contributed by atoms with van der Waals surface area (Å²) in [5, 5.41) is -6.31. The fourth-order valence-corrected chi connectivity index (χ4v) is 1.46. The monoisotopic (exact) mass is 350 g/mol. The lowest BCUT2D eigenvalue weighted by Gasteiger charge is -2.41. The van der Waals surface area contributed by atoms with E-state index in [1.165, 1.54) is 0 Å². The molecule has 1 N–H and O–H groups in total. The Morgan fingerprint density at radius 3 is 1.71 bits per heavy atom. The van der Waals surface area contributed by atoms with Gasteiger partial charge in [0.05, 0.1) is 0 Å². The zero-order valence-electron chi connectivity index (χ0n) is 11.0. The zero-order chi connectivity index (χ0) is 17.5.